The summed E-state index contributed by atoms with van der Waals surface area (Å²) < 4.78 is 49.9. The van der Waals surface area contributed by atoms with Crippen LogP contribution in [0.15, 0.2) is 64.1 Å². The molecule has 3 rings (SSSR count). The van der Waals surface area contributed by atoms with Crippen molar-refractivity contribution in [3.05, 3.63) is 66.1 Å². The summed E-state index contributed by atoms with van der Waals surface area (Å²) in [6.45, 7) is 2.50. The maximum atomic E-state index is 13.2. The van der Waals surface area contributed by atoms with Crippen LogP contribution in [0.3, 0.4) is 0 Å². The Morgan fingerprint density at radius 3 is 2.30 bits per heavy atom. The Kier molecular flexibility index (Phi) is 7.49. The lowest BCUT2D eigenvalue weighted by atomic mass is 10.1. The predicted octanol–water partition coefficient (Wildman–Crippen LogP) is 3.77. The van der Waals surface area contributed by atoms with E-state index in [4.69, 9.17) is 18.6 Å². The molecule has 0 aliphatic rings. The molecule has 33 heavy (non-hydrogen) atoms. The van der Waals surface area contributed by atoms with E-state index in [0.717, 1.165) is 0 Å². The molecular formula is C23H26N2O7S. The van der Waals surface area contributed by atoms with Crippen LogP contribution in [0.5, 0.6) is 17.2 Å². The molecule has 0 atom stereocenters. The number of rotatable bonds is 10. The Morgan fingerprint density at radius 2 is 1.73 bits per heavy atom. The van der Waals surface area contributed by atoms with E-state index in [-0.39, 0.29) is 34.2 Å². The molecule has 0 saturated carbocycles. The standard InChI is InChI=1S/C23H26N2O7S/c1-5-31-16-8-10-18(11-9-16)33(27,28)24-20-14-22(30-4)21(29-3)13-19(20)23(26)25(2)15-17-7-6-12-32-17/h6-14,24H,5,15H2,1-4H3. The Morgan fingerprint density at radius 1 is 1.06 bits per heavy atom. The molecule has 1 aromatic heterocycles. The molecule has 0 unspecified atom stereocenters. The first-order valence-corrected chi connectivity index (χ1v) is 11.6. The van der Waals surface area contributed by atoms with Gasteiger partial charge in [-0.2, -0.15) is 0 Å². The van der Waals surface area contributed by atoms with E-state index in [1.165, 1.54) is 49.6 Å². The fourth-order valence-electron chi connectivity index (χ4n) is 3.14. The smallest absolute Gasteiger partial charge is 0.261 e. The van der Waals surface area contributed by atoms with Gasteiger partial charge < -0.3 is 23.5 Å². The molecule has 0 spiro atoms. The fraction of sp³-hybridized carbons (Fsp3) is 0.261. The quantitative estimate of drug-likeness (QED) is 0.477. The lowest BCUT2D eigenvalue weighted by Crippen LogP contribution is -2.27. The summed E-state index contributed by atoms with van der Waals surface area (Å²) in [4.78, 5) is 14.7. The van der Waals surface area contributed by atoms with E-state index in [1.807, 2.05) is 6.92 Å². The largest absolute Gasteiger partial charge is 0.494 e. The first-order chi connectivity index (χ1) is 15.8. The number of nitrogens with one attached hydrogen (secondary N) is 1. The van der Waals surface area contributed by atoms with Crippen molar-refractivity contribution < 1.29 is 31.8 Å². The molecule has 0 fully saturated rings. The molecule has 2 aromatic carbocycles. The summed E-state index contributed by atoms with van der Waals surface area (Å²) in [6, 6.07) is 12.3. The number of nitrogens with zero attached hydrogens (tertiary/aromatic N) is 1. The van der Waals surface area contributed by atoms with E-state index in [9.17, 15) is 13.2 Å². The summed E-state index contributed by atoms with van der Waals surface area (Å²) in [5.74, 6) is 1.26. The number of hydrogen-bond acceptors (Lipinski definition) is 7. The molecule has 3 aromatic rings. The number of carbonyl (C=O) groups excluding carboxylic acids is 1. The topological polar surface area (TPSA) is 107 Å². The molecule has 1 heterocycles. The van der Waals surface area contributed by atoms with Gasteiger partial charge in [0.2, 0.25) is 0 Å². The molecule has 10 heteroatoms. The van der Waals surface area contributed by atoms with Gasteiger partial charge in [-0.3, -0.25) is 9.52 Å². The van der Waals surface area contributed by atoms with Crippen LogP contribution in [-0.4, -0.2) is 47.1 Å². The molecule has 1 N–H and O–H groups in total. The van der Waals surface area contributed by atoms with Gasteiger partial charge in [-0.25, -0.2) is 8.42 Å². The van der Waals surface area contributed by atoms with Crippen molar-refractivity contribution in [3.8, 4) is 17.2 Å². The van der Waals surface area contributed by atoms with Gasteiger partial charge in [-0.05, 0) is 49.4 Å². The maximum absolute atomic E-state index is 13.2. The van der Waals surface area contributed by atoms with Crippen molar-refractivity contribution >= 4 is 21.6 Å². The van der Waals surface area contributed by atoms with Crippen LogP contribution in [0.25, 0.3) is 0 Å². The lowest BCUT2D eigenvalue weighted by Gasteiger charge is -2.20. The first kappa shape index (κ1) is 24.0. The molecule has 0 bridgehead atoms. The predicted molar refractivity (Wildman–Crippen MR) is 122 cm³/mol. The number of furan rings is 1. The van der Waals surface area contributed by atoms with Crippen LogP contribution >= 0.6 is 0 Å². The molecule has 0 saturated heterocycles. The Bertz CT molecular complexity index is 1190. The molecular weight excluding hydrogens is 448 g/mol. The highest BCUT2D eigenvalue weighted by atomic mass is 32.2. The Balaban J connectivity index is 1.97. The third-order valence-electron chi connectivity index (χ3n) is 4.76. The van der Waals surface area contributed by atoms with Crippen molar-refractivity contribution in [1.82, 2.24) is 4.90 Å². The lowest BCUT2D eigenvalue weighted by molar-refractivity contribution is 0.0776. The molecule has 0 aliphatic carbocycles. The minimum Gasteiger partial charge on any atom is -0.494 e. The van der Waals surface area contributed by atoms with Gasteiger partial charge in [0.1, 0.15) is 11.5 Å². The summed E-state index contributed by atoms with van der Waals surface area (Å²) >= 11 is 0. The van der Waals surface area contributed by atoms with E-state index in [2.05, 4.69) is 4.72 Å². The molecule has 0 aliphatic heterocycles. The minimum absolute atomic E-state index is 0.0167. The summed E-state index contributed by atoms with van der Waals surface area (Å²) in [5, 5.41) is 0. The second-order valence-electron chi connectivity index (χ2n) is 7.00. The van der Waals surface area contributed by atoms with Gasteiger partial charge >= 0.3 is 0 Å². The van der Waals surface area contributed by atoms with Gasteiger partial charge in [0.25, 0.3) is 15.9 Å². The number of ether oxygens (including phenoxy) is 3. The number of benzene rings is 2. The van der Waals surface area contributed by atoms with E-state index in [0.29, 0.717) is 18.1 Å². The number of hydrogen-bond donors (Lipinski definition) is 1. The fourth-order valence-corrected chi connectivity index (χ4v) is 4.21. The van der Waals surface area contributed by atoms with E-state index < -0.39 is 15.9 Å². The van der Waals surface area contributed by atoms with Crippen molar-refractivity contribution in [3.63, 3.8) is 0 Å². The number of sulfonamides is 1. The van der Waals surface area contributed by atoms with Crippen molar-refractivity contribution in [2.75, 3.05) is 32.6 Å². The van der Waals surface area contributed by atoms with Crippen molar-refractivity contribution in [1.29, 1.82) is 0 Å². The number of methoxy groups -OCH3 is 2. The van der Waals surface area contributed by atoms with Crippen LogP contribution in [0.1, 0.15) is 23.0 Å². The Hall–Kier alpha value is -3.66. The third kappa shape index (κ3) is 5.58. The summed E-state index contributed by atoms with van der Waals surface area (Å²) in [5.41, 5.74) is 0.147. The van der Waals surface area contributed by atoms with Crippen LogP contribution in [0.4, 0.5) is 5.69 Å². The van der Waals surface area contributed by atoms with Gasteiger partial charge in [0.15, 0.2) is 11.5 Å². The first-order valence-electron chi connectivity index (χ1n) is 10.1. The normalized spacial score (nSPS) is 11.0. The Labute approximate surface area is 192 Å². The SMILES string of the molecule is CCOc1ccc(S(=O)(=O)Nc2cc(OC)c(OC)cc2C(=O)N(C)Cc2ccco2)cc1. The van der Waals surface area contributed by atoms with Crippen LogP contribution < -0.4 is 18.9 Å². The van der Waals surface area contributed by atoms with Gasteiger partial charge in [0, 0.05) is 13.1 Å². The molecule has 176 valence electrons. The maximum Gasteiger partial charge on any atom is 0.261 e. The zero-order valence-corrected chi connectivity index (χ0v) is 19.6. The van der Waals surface area contributed by atoms with Gasteiger partial charge in [-0.1, -0.05) is 0 Å². The van der Waals surface area contributed by atoms with Crippen molar-refractivity contribution in [2.24, 2.45) is 0 Å². The number of amides is 1. The second kappa shape index (κ2) is 10.3. The highest BCUT2D eigenvalue weighted by Gasteiger charge is 2.24. The van der Waals surface area contributed by atoms with Gasteiger partial charge in [0.05, 0.1) is 49.8 Å². The summed E-state index contributed by atoms with van der Waals surface area (Å²) in [7, 11) is 0.434. The monoisotopic (exact) mass is 474 g/mol. The number of anilines is 1. The van der Waals surface area contributed by atoms with Crippen molar-refractivity contribution in [2.45, 2.75) is 18.4 Å². The third-order valence-corrected chi connectivity index (χ3v) is 6.14. The molecule has 9 nitrogen and oxygen atoms in total. The average Bonchev–Trinajstić information content (AvgIpc) is 3.31. The zero-order valence-electron chi connectivity index (χ0n) is 18.8. The van der Waals surface area contributed by atoms with Crippen LogP contribution in [0, 0.1) is 0 Å². The van der Waals surface area contributed by atoms with Crippen LogP contribution in [-0.2, 0) is 16.6 Å². The molecule has 0 radical (unpaired) electrons. The van der Waals surface area contributed by atoms with Gasteiger partial charge in [-0.15, -0.1) is 0 Å². The highest BCUT2D eigenvalue weighted by molar-refractivity contribution is 7.92. The minimum atomic E-state index is -4.01. The highest BCUT2D eigenvalue weighted by Crippen LogP contribution is 2.35. The average molecular weight is 475 g/mol. The van der Waals surface area contributed by atoms with Crippen LogP contribution in [0.2, 0.25) is 0 Å². The number of carbonyl (C=O) groups is 1. The summed E-state index contributed by atoms with van der Waals surface area (Å²) in [6.07, 6.45) is 1.51. The zero-order chi connectivity index (χ0) is 24.0. The second-order valence-corrected chi connectivity index (χ2v) is 8.69. The van der Waals surface area contributed by atoms with E-state index >= 15 is 0 Å². The van der Waals surface area contributed by atoms with E-state index in [1.54, 1.807) is 31.3 Å². The molecule has 1 amide bonds.